The Kier molecular flexibility index (Phi) is 5.61. The third kappa shape index (κ3) is 5.04. The molecule has 0 aliphatic heterocycles. The number of rotatable bonds is 5. The molecule has 0 radical (unpaired) electrons. The van der Waals surface area contributed by atoms with Gasteiger partial charge in [-0.1, -0.05) is 13.0 Å². The van der Waals surface area contributed by atoms with Crippen LogP contribution in [0.4, 0.5) is 4.79 Å². The second-order valence-corrected chi connectivity index (χ2v) is 6.78. The Morgan fingerprint density at radius 3 is 2.67 bits per heavy atom. The van der Waals surface area contributed by atoms with Crippen molar-refractivity contribution in [2.75, 3.05) is 0 Å². The highest BCUT2D eigenvalue weighted by atomic mass is 32.1. The maximum atomic E-state index is 12.2. The lowest BCUT2D eigenvalue weighted by molar-refractivity contribution is -0.122. The first-order valence-corrected chi connectivity index (χ1v) is 8.31. The molecule has 1 aliphatic rings. The normalized spacial score (nSPS) is 23.3. The van der Waals surface area contributed by atoms with Crippen molar-refractivity contribution in [3.8, 4) is 0 Å². The quantitative estimate of drug-likeness (QED) is 0.781. The Bertz CT molecular complexity index is 467. The molecule has 1 atom stereocenters. The SMILES string of the molecule is CC1CCC(NC(=O)C[C@H](NC(N)=O)c2cccs2)CC1. The molecule has 4 N–H and O–H groups in total. The van der Waals surface area contributed by atoms with Crippen LogP contribution in [0, 0.1) is 5.92 Å². The van der Waals surface area contributed by atoms with Crippen molar-refractivity contribution in [1.82, 2.24) is 10.6 Å². The fourth-order valence-electron chi connectivity index (χ4n) is 2.76. The molecule has 1 aromatic heterocycles. The largest absolute Gasteiger partial charge is 0.353 e. The zero-order valence-corrected chi connectivity index (χ0v) is 13.1. The highest BCUT2D eigenvalue weighted by Gasteiger charge is 2.23. The van der Waals surface area contributed by atoms with Crippen molar-refractivity contribution in [3.05, 3.63) is 22.4 Å². The van der Waals surface area contributed by atoms with Gasteiger partial charge in [0, 0.05) is 10.9 Å². The summed E-state index contributed by atoms with van der Waals surface area (Å²) in [5.41, 5.74) is 5.20. The Labute approximate surface area is 129 Å². The van der Waals surface area contributed by atoms with Crippen LogP contribution in [0.2, 0.25) is 0 Å². The van der Waals surface area contributed by atoms with Gasteiger partial charge in [0.15, 0.2) is 0 Å². The lowest BCUT2D eigenvalue weighted by atomic mass is 9.87. The molecule has 1 fully saturated rings. The summed E-state index contributed by atoms with van der Waals surface area (Å²) in [6.07, 6.45) is 4.65. The minimum absolute atomic E-state index is 0.0262. The molecule has 116 valence electrons. The number of hydrogen-bond donors (Lipinski definition) is 3. The van der Waals surface area contributed by atoms with E-state index in [1.54, 1.807) is 0 Å². The maximum Gasteiger partial charge on any atom is 0.312 e. The third-order valence-electron chi connectivity index (χ3n) is 3.97. The van der Waals surface area contributed by atoms with Crippen molar-refractivity contribution in [2.45, 2.75) is 51.1 Å². The summed E-state index contributed by atoms with van der Waals surface area (Å²) in [5.74, 6) is 0.732. The first kappa shape index (κ1) is 15.8. The number of nitrogens with two attached hydrogens (primary N) is 1. The van der Waals surface area contributed by atoms with Gasteiger partial charge in [0.25, 0.3) is 0 Å². The van der Waals surface area contributed by atoms with Crippen LogP contribution < -0.4 is 16.4 Å². The summed E-state index contributed by atoms with van der Waals surface area (Å²) < 4.78 is 0. The molecule has 0 unspecified atom stereocenters. The summed E-state index contributed by atoms with van der Waals surface area (Å²) in [6.45, 7) is 2.25. The van der Waals surface area contributed by atoms with E-state index >= 15 is 0 Å². The molecule has 6 heteroatoms. The van der Waals surface area contributed by atoms with Gasteiger partial charge >= 0.3 is 6.03 Å². The standard InChI is InChI=1S/C15H23N3O2S/c1-10-4-6-11(7-5-10)17-14(19)9-12(18-15(16)20)13-3-2-8-21-13/h2-3,8,10-12H,4-7,9H2,1H3,(H,17,19)(H3,16,18,20)/t10?,11?,12-/m0/s1. The van der Waals surface area contributed by atoms with Gasteiger partial charge in [0.05, 0.1) is 12.5 Å². The number of carbonyl (C=O) groups excluding carboxylic acids is 2. The molecule has 3 amide bonds. The van der Waals surface area contributed by atoms with Crippen LogP contribution in [0.15, 0.2) is 17.5 Å². The van der Waals surface area contributed by atoms with E-state index in [1.807, 2.05) is 17.5 Å². The van der Waals surface area contributed by atoms with Crippen LogP contribution in [0.3, 0.4) is 0 Å². The molecule has 1 aromatic rings. The minimum atomic E-state index is -0.604. The van der Waals surface area contributed by atoms with E-state index in [1.165, 1.54) is 24.2 Å². The van der Waals surface area contributed by atoms with Crippen LogP contribution >= 0.6 is 11.3 Å². The van der Waals surface area contributed by atoms with Gasteiger partial charge < -0.3 is 16.4 Å². The molecule has 21 heavy (non-hydrogen) atoms. The Balaban J connectivity index is 1.87. The van der Waals surface area contributed by atoms with Crippen molar-refractivity contribution in [3.63, 3.8) is 0 Å². The zero-order chi connectivity index (χ0) is 15.2. The highest BCUT2D eigenvalue weighted by Crippen LogP contribution is 2.25. The van der Waals surface area contributed by atoms with Crippen molar-refractivity contribution >= 4 is 23.3 Å². The van der Waals surface area contributed by atoms with E-state index in [0.717, 1.165) is 23.6 Å². The lowest BCUT2D eigenvalue weighted by Gasteiger charge is -2.27. The Morgan fingerprint density at radius 1 is 1.38 bits per heavy atom. The smallest absolute Gasteiger partial charge is 0.312 e. The van der Waals surface area contributed by atoms with Crippen LogP contribution in [-0.4, -0.2) is 18.0 Å². The number of primary amides is 1. The minimum Gasteiger partial charge on any atom is -0.353 e. The van der Waals surface area contributed by atoms with Crippen molar-refractivity contribution < 1.29 is 9.59 Å². The molecule has 0 aromatic carbocycles. The first-order chi connectivity index (χ1) is 10.0. The summed E-state index contributed by atoms with van der Waals surface area (Å²) in [5, 5.41) is 7.65. The third-order valence-corrected chi connectivity index (χ3v) is 4.96. The Hall–Kier alpha value is -1.56. The molecular formula is C15H23N3O2S. The molecule has 1 aliphatic carbocycles. The van der Waals surface area contributed by atoms with Crippen LogP contribution in [0.25, 0.3) is 0 Å². The molecule has 5 nitrogen and oxygen atoms in total. The lowest BCUT2D eigenvalue weighted by Crippen LogP contribution is -2.40. The van der Waals surface area contributed by atoms with E-state index in [2.05, 4.69) is 17.6 Å². The number of carbonyl (C=O) groups is 2. The second-order valence-electron chi connectivity index (χ2n) is 5.81. The van der Waals surface area contributed by atoms with Crippen molar-refractivity contribution in [1.29, 1.82) is 0 Å². The Morgan fingerprint density at radius 2 is 2.10 bits per heavy atom. The number of hydrogen-bond acceptors (Lipinski definition) is 3. The molecule has 0 bridgehead atoms. The van der Waals surface area contributed by atoms with Gasteiger partial charge in [-0.25, -0.2) is 4.79 Å². The topological polar surface area (TPSA) is 84.2 Å². The maximum absolute atomic E-state index is 12.2. The average Bonchev–Trinajstić information content (AvgIpc) is 2.94. The van der Waals surface area contributed by atoms with Crippen molar-refractivity contribution in [2.24, 2.45) is 11.7 Å². The molecule has 0 saturated heterocycles. The van der Waals surface area contributed by atoms with Crippen LogP contribution in [0.1, 0.15) is 49.9 Å². The van der Waals surface area contributed by atoms with E-state index in [9.17, 15) is 9.59 Å². The summed E-state index contributed by atoms with van der Waals surface area (Å²) >= 11 is 1.51. The van der Waals surface area contributed by atoms with Gasteiger partial charge in [-0.2, -0.15) is 0 Å². The molecular weight excluding hydrogens is 286 g/mol. The summed E-state index contributed by atoms with van der Waals surface area (Å²) in [4.78, 5) is 24.2. The summed E-state index contributed by atoms with van der Waals surface area (Å²) in [6, 6.07) is 3.13. The monoisotopic (exact) mass is 309 g/mol. The fourth-order valence-corrected chi connectivity index (χ4v) is 3.54. The average molecular weight is 309 g/mol. The van der Waals surface area contributed by atoms with Gasteiger partial charge in [-0.15, -0.1) is 11.3 Å². The number of amides is 3. The second kappa shape index (κ2) is 7.45. The predicted octanol–water partition coefficient (Wildman–Crippen LogP) is 2.54. The van der Waals surface area contributed by atoms with E-state index < -0.39 is 6.03 Å². The van der Waals surface area contributed by atoms with Gasteiger partial charge in [-0.3, -0.25) is 4.79 Å². The molecule has 1 saturated carbocycles. The van der Waals surface area contributed by atoms with Gasteiger partial charge in [0.1, 0.15) is 0 Å². The number of urea groups is 1. The molecule has 1 heterocycles. The van der Waals surface area contributed by atoms with Gasteiger partial charge in [-0.05, 0) is 43.0 Å². The van der Waals surface area contributed by atoms with E-state index in [0.29, 0.717) is 0 Å². The van der Waals surface area contributed by atoms with E-state index in [4.69, 9.17) is 5.73 Å². The first-order valence-electron chi connectivity index (χ1n) is 7.43. The predicted molar refractivity (Wildman–Crippen MR) is 84.0 cm³/mol. The number of nitrogens with one attached hydrogen (secondary N) is 2. The van der Waals surface area contributed by atoms with Crippen LogP contribution in [0.5, 0.6) is 0 Å². The van der Waals surface area contributed by atoms with Gasteiger partial charge in [0.2, 0.25) is 5.91 Å². The van der Waals surface area contributed by atoms with E-state index in [-0.39, 0.29) is 24.4 Å². The van der Waals surface area contributed by atoms with Crippen LogP contribution in [-0.2, 0) is 4.79 Å². The summed E-state index contributed by atoms with van der Waals surface area (Å²) in [7, 11) is 0. The number of thiophene rings is 1. The fraction of sp³-hybridized carbons (Fsp3) is 0.600. The molecule has 0 spiro atoms. The zero-order valence-electron chi connectivity index (χ0n) is 12.3. The molecule has 2 rings (SSSR count). The highest BCUT2D eigenvalue weighted by molar-refractivity contribution is 7.10.